The first-order chi connectivity index (χ1) is 7.17. The van der Waals surface area contributed by atoms with Crippen LogP contribution in [0.15, 0.2) is 23.3 Å². The summed E-state index contributed by atoms with van der Waals surface area (Å²) in [6.45, 7) is 5.03. The lowest BCUT2D eigenvalue weighted by molar-refractivity contribution is -0.297. The van der Waals surface area contributed by atoms with Gasteiger partial charge in [0, 0.05) is 6.42 Å². The van der Waals surface area contributed by atoms with Gasteiger partial charge in [0.2, 0.25) is 0 Å². The molecule has 0 saturated carbocycles. The van der Waals surface area contributed by atoms with Crippen LogP contribution in [0.1, 0.15) is 33.6 Å². The van der Waals surface area contributed by atoms with Crippen molar-refractivity contribution < 1.29 is 18.7 Å². The number of aliphatic carboxylic acids is 1. The predicted octanol–water partition coefficient (Wildman–Crippen LogP) is 2.06. The van der Waals surface area contributed by atoms with Crippen molar-refractivity contribution >= 4 is 5.97 Å². The number of halogens is 2. The summed E-state index contributed by atoms with van der Waals surface area (Å²) in [6.07, 6.45) is 2.19. The number of allylic oxidation sites excluding steroid dienone is 3. The maximum Gasteiger partial charge on any atom is 0.269 e. The fourth-order valence-electron chi connectivity index (χ4n) is 2.00. The third kappa shape index (κ3) is 2.49. The van der Waals surface area contributed by atoms with E-state index in [0.717, 1.165) is 6.08 Å². The number of carbonyl (C=O) groups is 1. The van der Waals surface area contributed by atoms with Crippen molar-refractivity contribution in [2.45, 2.75) is 39.5 Å². The second kappa shape index (κ2) is 4.00. The molecule has 0 unspecified atom stereocenters. The molecule has 0 amide bonds. The van der Waals surface area contributed by atoms with Gasteiger partial charge in [-0.05, 0) is 36.0 Å². The van der Waals surface area contributed by atoms with Crippen LogP contribution in [0.3, 0.4) is 0 Å². The van der Waals surface area contributed by atoms with Crippen LogP contribution in [0.4, 0.5) is 8.78 Å². The van der Waals surface area contributed by atoms with E-state index < -0.39 is 17.3 Å². The third-order valence-corrected chi connectivity index (χ3v) is 3.13. The lowest BCUT2D eigenvalue weighted by atomic mass is 9.71. The van der Waals surface area contributed by atoms with Crippen LogP contribution in [-0.2, 0) is 4.79 Å². The molecule has 0 bridgehead atoms. The van der Waals surface area contributed by atoms with Gasteiger partial charge in [-0.25, -0.2) is 8.78 Å². The molecule has 0 spiro atoms. The van der Waals surface area contributed by atoms with Crippen molar-refractivity contribution in [3.05, 3.63) is 23.3 Å². The standard InChI is InChI=1S/C12H16F2O2/c1-8-9(4-5-10(15)16)11(2,3)6-7-12(8,13)14/h4-5H,6-7H2,1-3H3,(H,15,16)/p-1. The second-order valence-electron chi connectivity index (χ2n) is 4.78. The fraction of sp³-hybridized carbons (Fsp3) is 0.583. The van der Waals surface area contributed by atoms with Crippen LogP contribution in [0.5, 0.6) is 0 Å². The maximum absolute atomic E-state index is 13.5. The average molecular weight is 229 g/mol. The van der Waals surface area contributed by atoms with Crippen LogP contribution in [-0.4, -0.2) is 11.9 Å². The number of alkyl halides is 2. The Morgan fingerprint density at radius 2 is 1.94 bits per heavy atom. The Kier molecular flexibility index (Phi) is 3.22. The Balaban J connectivity index is 3.20. The normalized spacial score (nSPS) is 23.8. The van der Waals surface area contributed by atoms with E-state index in [9.17, 15) is 18.7 Å². The minimum Gasteiger partial charge on any atom is -0.545 e. The van der Waals surface area contributed by atoms with Crippen LogP contribution in [0.25, 0.3) is 0 Å². The maximum atomic E-state index is 13.5. The van der Waals surface area contributed by atoms with E-state index in [-0.39, 0.29) is 12.0 Å². The van der Waals surface area contributed by atoms with Crippen molar-refractivity contribution in [1.82, 2.24) is 0 Å². The first-order valence-electron chi connectivity index (χ1n) is 5.15. The quantitative estimate of drug-likeness (QED) is 0.680. The zero-order valence-electron chi connectivity index (χ0n) is 9.64. The molecule has 1 aliphatic carbocycles. The highest BCUT2D eigenvalue weighted by Gasteiger charge is 2.42. The van der Waals surface area contributed by atoms with Crippen molar-refractivity contribution in [2.24, 2.45) is 5.41 Å². The molecule has 90 valence electrons. The summed E-state index contributed by atoms with van der Waals surface area (Å²) in [4.78, 5) is 10.3. The molecule has 0 aromatic carbocycles. The smallest absolute Gasteiger partial charge is 0.269 e. The SMILES string of the molecule is CC1=C(C=CC(=O)[O-])C(C)(C)CCC1(F)F. The summed E-state index contributed by atoms with van der Waals surface area (Å²) in [5.74, 6) is -4.20. The van der Waals surface area contributed by atoms with Gasteiger partial charge >= 0.3 is 0 Å². The molecular weight excluding hydrogens is 214 g/mol. The Morgan fingerprint density at radius 3 is 2.44 bits per heavy atom. The molecule has 0 aliphatic heterocycles. The minimum absolute atomic E-state index is 0.0405. The lowest BCUT2D eigenvalue weighted by Crippen LogP contribution is -2.32. The molecule has 1 aliphatic rings. The highest BCUT2D eigenvalue weighted by Crippen LogP contribution is 2.47. The molecule has 0 aromatic heterocycles. The summed E-state index contributed by atoms with van der Waals surface area (Å²) < 4.78 is 26.9. The summed E-state index contributed by atoms with van der Waals surface area (Å²) in [7, 11) is 0. The number of hydrogen-bond donors (Lipinski definition) is 0. The van der Waals surface area contributed by atoms with Gasteiger partial charge in [0.15, 0.2) is 0 Å². The largest absolute Gasteiger partial charge is 0.545 e. The monoisotopic (exact) mass is 229 g/mol. The summed E-state index contributed by atoms with van der Waals surface area (Å²) in [6, 6.07) is 0. The second-order valence-corrected chi connectivity index (χ2v) is 4.78. The van der Waals surface area contributed by atoms with Crippen LogP contribution < -0.4 is 5.11 Å². The van der Waals surface area contributed by atoms with Crippen molar-refractivity contribution in [3.63, 3.8) is 0 Å². The van der Waals surface area contributed by atoms with E-state index in [1.165, 1.54) is 13.0 Å². The molecule has 16 heavy (non-hydrogen) atoms. The minimum atomic E-state index is -2.83. The highest BCUT2D eigenvalue weighted by molar-refractivity contribution is 5.78. The zero-order chi connectivity index (χ0) is 12.6. The number of carboxylic acids is 1. The topological polar surface area (TPSA) is 40.1 Å². The summed E-state index contributed by atoms with van der Waals surface area (Å²) >= 11 is 0. The number of carboxylic acid groups (broad SMARTS) is 1. The van der Waals surface area contributed by atoms with Crippen LogP contribution >= 0.6 is 0 Å². The predicted molar refractivity (Wildman–Crippen MR) is 54.8 cm³/mol. The zero-order valence-corrected chi connectivity index (χ0v) is 9.64. The molecule has 0 N–H and O–H groups in total. The van der Waals surface area contributed by atoms with Gasteiger partial charge in [-0.15, -0.1) is 0 Å². The molecule has 0 saturated heterocycles. The van der Waals surface area contributed by atoms with Gasteiger partial charge < -0.3 is 9.90 Å². The molecule has 1 rings (SSSR count). The first kappa shape index (κ1) is 12.9. The molecule has 0 fully saturated rings. The highest BCUT2D eigenvalue weighted by atomic mass is 19.3. The van der Waals surface area contributed by atoms with Crippen molar-refractivity contribution in [3.8, 4) is 0 Å². The number of carbonyl (C=O) groups excluding carboxylic acids is 1. The Morgan fingerprint density at radius 1 is 1.38 bits per heavy atom. The molecule has 0 radical (unpaired) electrons. The van der Waals surface area contributed by atoms with Crippen molar-refractivity contribution in [2.75, 3.05) is 0 Å². The number of hydrogen-bond acceptors (Lipinski definition) is 2. The van der Waals surface area contributed by atoms with Gasteiger partial charge in [0.05, 0.1) is 5.97 Å². The molecule has 4 heteroatoms. The Bertz CT molecular complexity index is 365. The van der Waals surface area contributed by atoms with Gasteiger partial charge in [0.25, 0.3) is 5.92 Å². The fourth-order valence-corrected chi connectivity index (χ4v) is 2.00. The van der Waals surface area contributed by atoms with Gasteiger partial charge in [-0.3, -0.25) is 0 Å². The average Bonchev–Trinajstić information content (AvgIpc) is 2.12. The van der Waals surface area contributed by atoms with Crippen molar-refractivity contribution in [1.29, 1.82) is 0 Å². The van der Waals surface area contributed by atoms with E-state index in [0.29, 0.717) is 12.0 Å². The van der Waals surface area contributed by atoms with Crippen LogP contribution in [0.2, 0.25) is 0 Å². The van der Waals surface area contributed by atoms with E-state index in [1.54, 1.807) is 0 Å². The van der Waals surface area contributed by atoms with Gasteiger partial charge in [-0.1, -0.05) is 19.9 Å². The van der Waals surface area contributed by atoms with E-state index in [4.69, 9.17) is 0 Å². The van der Waals surface area contributed by atoms with Gasteiger partial charge in [-0.2, -0.15) is 0 Å². The molecular formula is C12H15F2O2-. The number of rotatable bonds is 2. The summed E-state index contributed by atoms with van der Waals surface area (Å²) in [5.41, 5.74) is -0.0632. The van der Waals surface area contributed by atoms with Crippen LogP contribution in [0, 0.1) is 5.41 Å². The molecule has 2 nitrogen and oxygen atoms in total. The Hall–Kier alpha value is -1.19. The molecule has 0 atom stereocenters. The Labute approximate surface area is 93.7 Å². The van der Waals surface area contributed by atoms with E-state index >= 15 is 0 Å². The third-order valence-electron chi connectivity index (χ3n) is 3.13. The first-order valence-corrected chi connectivity index (χ1v) is 5.15. The van der Waals surface area contributed by atoms with E-state index in [1.807, 2.05) is 13.8 Å². The molecule has 0 aromatic rings. The summed E-state index contributed by atoms with van der Waals surface area (Å²) in [5, 5.41) is 10.3. The van der Waals surface area contributed by atoms with E-state index in [2.05, 4.69) is 0 Å². The lowest BCUT2D eigenvalue weighted by Gasteiger charge is -2.37. The molecule has 0 heterocycles. The van der Waals surface area contributed by atoms with Gasteiger partial charge in [0.1, 0.15) is 0 Å².